The van der Waals surface area contributed by atoms with Crippen molar-refractivity contribution in [2.24, 2.45) is 0 Å². The molecular formula is C23H23FN2O3. The van der Waals surface area contributed by atoms with E-state index in [4.69, 9.17) is 4.74 Å². The van der Waals surface area contributed by atoms with Gasteiger partial charge in [0, 0.05) is 41.7 Å². The second-order valence-corrected chi connectivity index (χ2v) is 6.60. The average Bonchev–Trinajstić information content (AvgIpc) is 3.10. The summed E-state index contributed by atoms with van der Waals surface area (Å²) in [6, 6.07) is 13.2. The summed E-state index contributed by atoms with van der Waals surface area (Å²) in [4.78, 5) is 24.6. The summed E-state index contributed by atoms with van der Waals surface area (Å²) < 4.78 is 20.7. The van der Waals surface area contributed by atoms with Crippen molar-refractivity contribution in [3.8, 4) is 0 Å². The van der Waals surface area contributed by atoms with Gasteiger partial charge in [0.1, 0.15) is 11.9 Å². The number of halogens is 1. The summed E-state index contributed by atoms with van der Waals surface area (Å²) in [6.07, 6.45) is 4.87. The second-order valence-electron chi connectivity index (χ2n) is 6.60. The molecule has 0 saturated heterocycles. The SMILES string of the molecule is CCn1cc(C[C@H](NC(=O)/C=C/c2ccccc2F)C(=O)OC)c2ccccc21. The summed E-state index contributed by atoms with van der Waals surface area (Å²) in [6.45, 7) is 2.84. The molecule has 3 aromatic rings. The van der Waals surface area contributed by atoms with Crippen LogP contribution in [0.4, 0.5) is 4.39 Å². The number of hydrogen-bond acceptors (Lipinski definition) is 3. The molecule has 1 amide bonds. The van der Waals surface area contributed by atoms with Gasteiger partial charge in [-0.05, 0) is 30.7 Å². The van der Waals surface area contributed by atoms with E-state index in [1.165, 1.54) is 25.3 Å². The van der Waals surface area contributed by atoms with Crippen molar-refractivity contribution in [2.75, 3.05) is 7.11 Å². The Bertz CT molecular complexity index is 1060. The first-order chi connectivity index (χ1) is 14.0. The zero-order valence-electron chi connectivity index (χ0n) is 16.4. The van der Waals surface area contributed by atoms with Crippen LogP contribution in [0.1, 0.15) is 18.1 Å². The molecule has 0 spiro atoms. The van der Waals surface area contributed by atoms with Crippen LogP contribution in [-0.2, 0) is 27.3 Å². The van der Waals surface area contributed by atoms with Crippen molar-refractivity contribution >= 4 is 28.9 Å². The van der Waals surface area contributed by atoms with E-state index in [1.54, 1.807) is 18.2 Å². The van der Waals surface area contributed by atoms with Crippen LogP contribution in [0.5, 0.6) is 0 Å². The van der Waals surface area contributed by atoms with Crippen LogP contribution in [0.3, 0.4) is 0 Å². The number of aromatic nitrogens is 1. The number of amides is 1. The van der Waals surface area contributed by atoms with Gasteiger partial charge in [0.05, 0.1) is 7.11 Å². The number of para-hydroxylation sites is 1. The van der Waals surface area contributed by atoms with E-state index in [2.05, 4.69) is 9.88 Å². The molecule has 0 aliphatic heterocycles. The minimum absolute atomic E-state index is 0.291. The standard InChI is InChI=1S/C23H23FN2O3/c1-3-26-15-17(18-9-5-7-11-21(18)26)14-20(23(28)29-2)25-22(27)13-12-16-8-4-6-10-19(16)24/h4-13,15,20H,3,14H2,1-2H3,(H,25,27)/b13-12+/t20-/m0/s1. The van der Waals surface area contributed by atoms with E-state index < -0.39 is 23.7 Å². The lowest BCUT2D eigenvalue weighted by Crippen LogP contribution is -2.42. The number of carbonyl (C=O) groups is 2. The Morgan fingerprint density at radius 3 is 2.62 bits per heavy atom. The maximum Gasteiger partial charge on any atom is 0.328 e. The zero-order valence-corrected chi connectivity index (χ0v) is 16.4. The van der Waals surface area contributed by atoms with Crippen LogP contribution < -0.4 is 5.32 Å². The highest BCUT2D eigenvalue weighted by Crippen LogP contribution is 2.23. The monoisotopic (exact) mass is 394 g/mol. The number of fused-ring (bicyclic) bond motifs is 1. The molecule has 6 heteroatoms. The Balaban J connectivity index is 1.80. The van der Waals surface area contributed by atoms with E-state index in [-0.39, 0.29) is 0 Å². The molecule has 0 bridgehead atoms. The topological polar surface area (TPSA) is 60.3 Å². The molecule has 1 atom stereocenters. The van der Waals surface area contributed by atoms with Crippen LogP contribution in [0.25, 0.3) is 17.0 Å². The smallest absolute Gasteiger partial charge is 0.328 e. The third-order valence-corrected chi connectivity index (χ3v) is 4.76. The highest BCUT2D eigenvalue weighted by atomic mass is 19.1. The van der Waals surface area contributed by atoms with Gasteiger partial charge in [0.25, 0.3) is 0 Å². The summed E-state index contributed by atoms with van der Waals surface area (Å²) in [5.41, 5.74) is 2.30. The summed E-state index contributed by atoms with van der Waals surface area (Å²) in [7, 11) is 1.28. The lowest BCUT2D eigenvalue weighted by molar-refractivity contribution is -0.144. The number of methoxy groups -OCH3 is 1. The molecule has 0 aliphatic rings. The van der Waals surface area contributed by atoms with E-state index >= 15 is 0 Å². The number of nitrogens with zero attached hydrogens (tertiary/aromatic N) is 1. The molecule has 0 radical (unpaired) electrons. The molecular weight excluding hydrogens is 371 g/mol. The molecule has 1 heterocycles. The Hall–Kier alpha value is -3.41. The van der Waals surface area contributed by atoms with Crippen LogP contribution in [0.15, 0.2) is 60.8 Å². The van der Waals surface area contributed by atoms with E-state index in [0.717, 1.165) is 23.0 Å². The van der Waals surface area contributed by atoms with E-state index in [0.29, 0.717) is 12.0 Å². The normalized spacial score (nSPS) is 12.2. The van der Waals surface area contributed by atoms with Crippen LogP contribution >= 0.6 is 0 Å². The summed E-state index contributed by atoms with van der Waals surface area (Å²) in [5, 5.41) is 3.69. The molecule has 1 N–H and O–H groups in total. The van der Waals surface area contributed by atoms with Crippen molar-refractivity contribution in [2.45, 2.75) is 25.9 Å². The Morgan fingerprint density at radius 1 is 1.17 bits per heavy atom. The fourth-order valence-electron chi connectivity index (χ4n) is 3.30. The van der Waals surface area contributed by atoms with Gasteiger partial charge in [0.15, 0.2) is 0 Å². The molecule has 0 unspecified atom stereocenters. The lowest BCUT2D eigenvalue weighted by atomic mass is 10.0. The number of esters is 1. The third-order valence-electron chi connectivity index (χ3n) is 4.76. The minimum atomic E-state index is -0.853. The van der Waals surface area contributed by atoms with Gasteiger partial charge in [-0.25, -0.2) is 9.18 Å². The molecule has 0 saturated carbocycles. The van der Waals surface area contributed by atoms with Crippen LogP contribution in [-0.4, -0.2) is 29.6 Å². The molecule has 2 aromatic carbocycles. The van der Waals surface area contributed by atoms with Crippen LogP contribution in [0.2, 0.25) is 0 Å². The van der Waals surface area contributed by atoms with Crippen molar-refractivity contribution < 1.29 is 18.7 Å². The summed E-state index contributed by atoms with van der Waals surface area (Å²) in [5.74, 6) is -1.46. The molecule has 0 aliphatic carbocycles. The van der Waals surface area contributed by atoms with Crippen molar-refractivity contribution in [3.63, 3.8) is 0 Å². The number of carbonyl (C=O) groups excluding carboxylic acids is 2. The van der Waals surface area contributed by atoms with Crippen molar-refractivity contribution in [1.82, 2.24) is 9.88 Å². The Morgan fingerprint density at radius 2 is 1.90 bits per heavy atom. The highest BCUT2D eigenvalue weighted by Gasteiger charge is 2.23. The minimum Gasteiger partial charge on any atom is -0.467 e. The first-order valence-corrected chi connectivity index (χ1v) is 9.41. The van der Waals surface area contributed by atoms with Gasteiger partial charge in [-0.2, -0.15) is 0 Å². The van der Waals surface area contributed by atoms with Gasteiger partial charge in [0.2, 0.25) is 5.91 Å². The third kappa shape index (κ3) is 4.71. The maximum absolute atomic E-state index is 13.7. The van der Waals surface area contributed by atoms with Gasteiger partial charge < -0.3 is 14.6 Å². The first kappa shape index (κ1) is 20.3. The fourth-order valence-corrected chi connectivity index (χ4v) is 3.30. The number of ether oxygens (including phenoxy) is 1. The van der Waals surface area contributed by atoms with Gasteiger partial charge in [-0.15, -0.1) is 0 Å². The molecule has 150 valence electrons. The highest BCUT2D eigenvalue weighted by molar-refractivity contribution is 5.95. The first-order valence-electron chi connectivity index (χ1n) is 9.41. The summed E-state index contributed by atoms with van der Waals surface area (Å²) >= 11 is 0. The van der Waals surface area contributed by atoms with Gasteiger partial charge >= 0.3 is 5.97 Å². The second kappa shape index (κ2) is 9.19. The quantitative estimate of drug-likeness (QED) is 0.491. The molecule has 1 aromatic heterocycles. The number of benzene rings is 2. The Kier molecular flexibility index (Phi) is 6.44. The van der Waals surface area contributed by atoms with Crippen molar-refractivity contribution in [3.05, 3.63) is 77.7 Å². The zero-order chi connectivity index (χ0) is 20.8. The van der Waals surface area contributed by atoms with Gasteiger partial charge in [-0.3, -0.25) is 4.79 Å². The number of rotatable bonds is 7. The molecule has 3 rings (SSSR count). The average molecular weight is 394 g/mol. The molecule has 5 nitrogen and oxygen atoms in total. The number of nitrogens with one attached hydrogen (secondary N) is 1. The van der Waals surface area contributed by atoms with Gasteiger partial charge in [-0.1, -0.05) is 36.4 Å². The maximum atomic E-state index is 13.7. The van der Waals surface area contributed by atoms with Crippen LogP contribution in [0, 0.1) is 5.82 Å². The number of hydrogen-bond donors (Lipinski definition) is 1. The largest absolute Gasteiger partial charge is 0.467 e. The van der Waals surface area contributed by atoms with E-state index in [1.807, 2.05) is 37.4 Å². The van der Waals surface area contributed by atoms with E-state index in [9.17, 15) is 14.0 Å². The predicted octanol–water partition coefficient (Wildman–Crippen LogP) is 3.71. The fraction of sp³-hybridized carbons (Fsp3) is 0.217. The molecule has 0 fully saturated rings. The predicted molar refractivity (Wildman–Crippen MR) is 111 cm³/mol. The molecule has 29 heavy (non-hydrogen) atoms. The lowest BCUT2D eigenvalue weighted by Gasteiger charge is -2.15. The van der Waals surface area contributed by atoms with Crippen molar-refractivity contribution in [1.29, 1.82) is 0 Å². The number of aryl methyl sites for hydroxylation is 1. The Labute approximate surface area is 168 Å².